The Labute approximate surface area is 116 Å². The molecule has 7 heteroatoms. The maximum Gasteiger partial charge on any atom is 0.311 e. The first kappa shape index (κ1) is 13.9. The van der Waals surface area contributed by atoms with Crippen molar-refractivity contribution >= 4 is 29.1 Å². The zero-order chi connectivity index (χ0) is 13.8. The van der Waals surface area contributed by atoms with Crippen molar-refractivity contribution in [3.05, 3.63) is 22.2 Å². The van der Waals surface area contributed by atoms with Gasteiger partial charge in [0.2, 0.25) is 5.82 Å². The van der Waals surface area contributed by atoms with Gasteiger partial charge in [0.05, 0.1) is 4.92 Å². The molecule has 1 saturated carbocycles. The minimum Gasteiger partial charge on any atom is -0.378 e. The van der Waals surface area contributed by atoms with Gasteiger partial charge in [-0.2, -0.15) is 11.8 Å². The van der Waals surface area contributed by atoms with Crippen LogP contribution in [-0.4, -0.2) is 27.5 Å². The van der Waals surface area contributed by atoms with E-state index in [1.165, 1.54) is 25.3 Å². The third-order valence-corrected chi connectivity index (χ3v) is 4.61. The molecule has 1 aliphatic carbocycles. The summed E-state index contributed by atoms with van der Waals surface area (Å²) in [5.74, 6) is 0.584. The molecular formula is C12H18N4O2S. The highest BCUT2D eigenvalue weighted by molar-refractivity contribution is 7.99. The van der Waals surface area contributed by atoms with Gasteiger partial charge in [-0.1, -0.05) is 12.8 Å². The highest BCUT2D eigenvalue weighted by Gasteiger charge is 2.25. The van der Waals surface area contributed by atoms with Crippen molar-refractivity contribution in [2.45, 2.75) is 37.0 Å². The summed E-state index contributed by atoms with van der Waals surface area (Å²) in [6, 6.07) is 3.39. The standard InChI is InChI=1S/C12H18N4O2S/c1-19-10-5-3-2-4-8(10)14-11-7-6-9(16(17)18)12(13)15-11/h6-8,10H,2-5H2,1H3,(H3,13,14,15). The van der Waals surface area contributed by atoms with Gasteiger partial charge >= 0.3 is 5.69 Å². The smallest absolute Gasteiger partial charge is 0.311 e. The summed E-state index contributed by atoms with van der Waals surface area (Å²) in [5.41, 5.74) is 5.45. The van der Waals surface area contributed by atoms with Gasteiger partial charge in [0.15, 0.2) is 0 Å². The average Bonchev–Trinajstić information content (AvgIpc) is 2.39. The third-order valence-electron chi connectivity index (χ3n) is 3.44. The zero-order valence-corrected chi connectivity index (χ0v) is 11.7. The SMILES string of the molecule is CSC1CCCCC1Nc1ccc([N+](=O)[O-])c(N)n1. The number of pyridine rings is 1. The van der Waals surface area contributed by atoms with E-state index < -0.39 is 4.92 Å². The average molecular weight is 282 g/mol. The summed E-state index contributed by atoms with van der Waals surface area (Å²) in [6.45, 7) is 0. The number of nitro groups is 1. The molecule has 3 N–H and O–H groups in total. The first-order chi connectivity index (χ1) is 9.11. The van der Waals surface area contributed by atoms with Crippen LogP contribution in [0.3, 0.4) is 0 Å². The number of anilines is 2. The Balaban J connectivity index is 2.10. The number of aromatic nitrogens is 1. The number of nitrogens with one attached hydrogen (secondary N) is 1. The largest absolute Gasteiger partial charge is 0.378 e. The van der Waals surface area contributed by atoms with Gasteiger partial charge in [0.25, 0.3) is 0 Å². The highest BCUT2D eigenvalue weighted by atomic mass is 32.2. The monoisotopic (exact) mass is 282 g/mol. The van der Waals surface area contributed by atoms with E-state index in [1.54, 1.807) is 6.07 Å². The number of hydrogen-bond acceptors (Lipinski definition) is 6. The van der Waals surface area contributed by atoms with E-state index in [9.17, 15) is 10.1 Å². The molecule has 2 rings (SSSR count). The molecule has 1 aromatic heterocycles. The molecule has 19 heavy (non-hydrogen) atoms. The second-order valence-corrected chi connectivity index (χ2v) is 5.74. The second-order valence-electron chi connectivity index (χ2n) is 4.67. The molecule has 1 aliphatic rings. The van der Waals surface area contributed by atoms with Gasteiger partial charge in [-0.25, -0.2) is 4.98 Å². The minimum atomic E-state index is -0.516. The van der Waals surface area contributed by atoms with Crippen LogP contribution in [0.4, 0.5) is 17.3 Å². The number of nitrogens with zero attached hydrogens (tertiary/aromatic N) is 2. The Bertz CT molecular complexity index is 469. The van der Waals surface area contributed by atoms with Crippen LogP contribution in [0.25, 0.3) is 0 Å². The lowest BCUT2D eigenvalue weighted by molar-refractivity contribution is -0.384. The summed E-state index contributed by atoms with van der Waals surface area (Å²) in [6.07, 6.45) is 6.88. The normalized spacial score (nSPS) is 23.0. The molecule has 2 atom stereocenters. The van der Waals surface area contributed by atoms with E-state index >= 15 is 0 Å². The Morgan fingerprint density at radius 3 is 2.84 bits per heavy atom. The van der Waals surface area contributed by atoms with Gasteiger partial charge in [-0.15, -0.1) is 0 Å². The van der Waals surface area contributed by atoms with Crippen LogP contribution in [0, 0.1) is 10.1 Å². The van der Waals surface area contributed by atoms with E-state index in [4.69, 9.17) is 5.73 Å². The predicted octanol–water partition coefficient (Wildman–Crippen LogP) is 2.66. The van der Waals surface area contributed by atoms with Gasteiger partial charge in [0.1, 0.15) is 5.82 Å². The highest BCUT2D eigenvalue weighted by Crippen LogP contribution is 2.30. The summed E-state index contributed by atoms with van der Waals surface area (Å²) in [7, 11) is 0. The summed E-state index contributed by atoms with van der Waals surface area (Å²) in [5, 5.41) is 14.6. The van der Waals surface area contributed by atoms with E-state index in [0.717, 1.165) is 6.42 Å². The van der Waals surface area contributed by atoms with Crippen molar-refractivity contribution in [1.82, 2.24) is 4.98 Å². The zero-order valence-electron chi connectivity index (χ0n) is 10.8. The quantitative estimate of drug-likeness (QED) is 0.651. The third kappa shape index (κ3) is 3.28. The Morgan fingerprint density at radius 2 is 2.21 bits per heavy atom. The molecule has 0 spiro atoms. The van der Waals surface area contributed by atoms with Crippen molar-refractivity contribution in [3.8, 4) is 0 Å². The van der Waals surface area contributed by atoms with Crippen LogP contribution >= 0.6 is 11.8 Å². The lowest BCUT2D eigenvalue weighted by atomic mass is 9.95. The summed E-state index contributed by atoms with van der Waals surface area (Å²) in [4.78, 5) is 14.2. The molecule has 1 aromatic rings. The summed E-state index contributed by atoms with van der Waals surface area (Å²) >= 11 is 1.86. The molecule has 0 bridgehead atoms. The molecule has 0 amide bonds. The van der Waals surface area contributed by atoms with Crippen LogP contribution in [0.2, 0.25) is 0 Å². The van der Waals surface area contributed by atoms with Gasteiger partial charge in [-0.3, -0.25) is 10.1 Å². The van der Waals surface area contributed by atoms with Gasteiger partial charge < -0.3 is 11.1 Å². The Morgan fingerprint density at radius 1 is 1.47 bits per heavy atom. The fourth-order valence-electron chi connectivity index (χ4n) is 2.44. The minimum absolute atomic E-state index is 0.0356. The van der Waals surface area contributed by atoms with E-state index in [-0.39, 0.29) is 11.5 Å². The molecule has 104 valence electrons. The number of nitrogens with two attached hydrogens (primary N) is 1. The molecule has 1 fully saturated rings. The van der Waals surface area contributed by atoms with E-state index in [0.29, 0.717) is 17.1 Å². The number of nitrogen functional groups attached to an aromatic ring is 1. The first-order valence-corrected chi connectivity index (χ1v) is 7.61. The molecular weight excluding hydrogens is 264 g/mol. The molecule has 6 nitrogen and oxygen atoms in total. The van der Waals surface area contributed by atoms with Gasteiger partial charge in [0, 0.05) is 17.4 Å². The van der Waals surface area contributed by atoms with Gasteiger partial charge in [-0.05, 0) is 25.2 Å². The predicted molar refractivity (Wildman–Crippen MR) is 78.5 cm³/mol. The molecule has 1 heterocycles. The molecule has 2 unspecified atom stereocenters. The van der Waals surface area contributed by atoms with Crippen molar-refractivity contribution in [2.24, 2.45) is 0 Å². The molecule has 0 aliphatic heterocycles. The lowest BCUT2D eigenvalue weighted by Gasteiger charge is -2.31. The van der Waals surface area contributed by atoms with E-state index in [2.05, 4.69) is 16.6 Å². The number of thioether (sulfide) groups is 1. The number of hydrogen-bond donors (Lipinski definition) is 2. The Kier molecular flexibility index (Phi) is 4.47. The fourth-order valence-corrected chi connectivity index (χ4v) is 3.37. The summed E-state index contributed by atoms with van der Waals surface area (Å²) < 4.78 is 0. The van der Waals surface area contributed by atoms with Crippen LogP contribution in [0.5, 0.6) is 0 Å². The lowest BCUT2D eigenvalue weighted by Crippen LogP contribution is -2.34. The topological polar surface area (TPSA) is 94.1 Å². The van der Waals surface area contributed by atoms with Crippen LogP contribution in [0.1, 0.15) is 25.7 Å². The second kappa shape index (κ2) is 6.10. The fraction of sp³-hybridized carbons (Fsp3) is 0.583. The van der Waals surface area contributed by atoms with E-state index in [1.807, 2.05) is 11.8 Å². The molecule has 0 aromatic carbocycles. The van der Waals surface area contributed by atoms with Crippen LogP contribution in [-0.2, 0) is 0 Å². The van der Waals surface area contributed by atoms with Crippen molar-refractivity contribution < 1.29 is 4.92 Å². The van der Waals surface area contributed by atoms with Crippen molar-refractivity contribution in [3.63, 3.8) is 0 Å². The van der Waals surface area contributed by atoms with Crippen molar-refractivity contribution in [1.29, 1.82) is 0 Å². The number of rotatable bonds is 4. The maximum absolute atomic E-state index is 10.7. The molecule has 0 radical (unpaired) electrons. The Hall–Kier alpha value is -1.50. The van der Waals surface area contributed by atoms with Crippen LogP contribution < -0.4 is 11.1 Å². The van der Waals surface area contributed by atoms with Crippen LogP contribution in [0.15, 0.2) is 12.1 Å². The maximum atomic E-state index is 10.7. The molecule has 0 saturated heterocycles. The first-order valence-electron chi connectivity index (χ1n) is 6.32. The van der Waals surface area contributed by atoms with Crippen molar-refractivity contribution in [2.75, 3.05) is 17.3 Å².